The van der Waals surface area contributed by atoms with Crippen LogP contribution in [0.2, 0.25) is 0 Å². The van der Waals surface area contributed by atoms with E-state index in [0.717, 1.165) is 12.5 Å². The van der Waals surface area contributed by atoms with Crippen LogP contribution in [0, 0.1) is 12.7 Å². The van der Waals surface area contributed by atoms with Gasteiger partial charge in [0.25, 0.3) is 0 Å². The molecule has 0 radical (unpaired) electrons. The fraction of sp³-hybridized carbons (Fsp3) is 0.500. The van der Waals surface area contributed by atoms with Crippen molar-refractivity contribution in [2.45, 2.75) is 32.1 Å². The predicted molar refractivity (Wildman–Crippen MR) is 70.3 cm³/mol. The van der Waals surface area contributed by atoms with E-state index in [-0.39, 0.29) is 10.6 Å². The number of anilines is 1. The van der Waals surface area contributed by atoms with Crippen LogP contribution in [-0.4, -0.2) is 25.8 Å². The van der Waals surface area contributed by atoms with Gasteiger partial charge in [0.15, 0.2) is 0 Å². The van der Waals surface area contributed by atoms with E-state index in [0.29, 0.717) is 18.7 Å². The molecule has 0 saturated heterocycles. The van der Waals surface area contributed by atoms with Gasteiger partial charge in [-0.25, -0.2) is 12.8 Å². The molecule has 1 aromatic carbocycles. The first-order valence-electron chi connectivity index (χ1n) is 5.90. The highest BCUT2D eigenvalue weighted by Crippen LogP contribution is 2.24. The number of nitrogen functional groups attached to an aromatic ring is 1. The Morgan fingerprint density at radius 2 is 1.94 bits per heavy atom. The monoisotopic (exact) mass is 274 g/mol. The Balaban J connectivity index is 3.32. The number of halogens is 1. The van der Waals surface area contributed by atoms with E-state index in [1.54, 1.807) is 13.8 Å². The highest BCUT2D eigenvalue weighted by molar-refractivity contribution is 7.89. The SMILES string of the molecule is CCCN(CC)S(=O)(=O)c1cc(N)c(F)cc1C. The zero-order valence-electron chi connectivity index (χ0n) is 10.9. The number of aryl methyl sites for hydroxylation is 1. The molecule has 102 valence electrons. The number of rotatable bonds is 5. The van der Waals surface area contributed by atoms with Crippen molar-refractivity contribution in [2.24, 2.45) is 0 Å². The summed E-state index contributed by atoms with van der Waals surface area (Å²) in [5.74, 6) is -0.593. The maximum atomic E-state index is 13.2. The third-order valence-electron chi connectivity index (χ3n) is 2.74. The van der Waals surface area contributed by atoms with Crippen molar-refractivity contribution in [3.05, 3.63) is 23.5 Å². The molecule has 1 rings (SSSR count). The Hall–Kier alpha value is -1.14. The van der Waals surface area contributed by atoms with E-state index in [1.807, 2.05) is 6.92 Å². The Kier molecular flexibility index (Phi) is 4.70. The molecule has 0 aliphatic carbocycles. The van der Waals surface area contributed by atoms with Crippen molar-refractivity contribution in [3.63, 3.8) is 0 Å². The lowest BCUT2D eigenvalue weighted by molar-refractivity contribution is 0.426. The summed E-state index contributed by atoms with van der Waals surface area (Å²) < 4.78 is 39.4. The van der Waals surface area contributed by atoms with Crippen LogP contribution in [0.25, 0.3) is 0 Å². The first kappa shape index (κ1) is 14.9. The summed E-state index contributed by atoms with van der Waals surface area (Å²) in [6.07, 6.45) is 0.725. The number of sulfonamides is 1. The van der Waals surface area contributed by atoms with Gasteiger partial charge in [-0.2, -0.15) is 4.31 Å². The lowest BCUT2D eigenvalue weighted by atomic mass is 10.2. The Morgan fingerprint density at radius 1 is 1.33 bits per heavy atom. The Morgan fingerprint density at radius 3 is 2.44 bits per heavy atom. The minimum atomic E-state index is -3.60. The molecule has 2 N–H and O–H groups in total. The normalized spacial score (nSPS) is 12.1. The summed E-state index contributed by atoms with van der Waals surface area (Å²) in [4.78, 5) is 0.0803. The summed E-state index contributed by atoms with van der Waals surface area (Å²) in [5.41, 5.74) is 5.67. The van der Waals surface area contributed by atoms with Crippen LogP contribution in [0.3, 0.4) is 0 Å². The molecule has 4 nitrogen and oxygen atoms in total. The van der Waals surface area contributed by atoms with Crippen LogP contribution >= 0.6 is 0 Å². The Bertz CT molecular complexity index is 529. The van der Waals surface area contributed by atoms with Gasteiger partial charge in [0.05, 0.1) is 10.6 Å². The smallest absolute Gasteiger partial charge is 0.243 e. The first-order chi connectivity index (χ1) is 8.34. The second-order valence-electron chi connectivity index (χ2n) is 4.14. The summed E-state index contributed by atoms with van der Waals surface area (Å²) in [6.45, 7) is 6.07. The standard InChI is InChI=1S/C12H19FN2O2S/c1-4-6-15(5-2)18(16,17)12-8-11(14)10(13)7-9(12)3/h7-8H,4-6,14H2,1-3H3. The number of nitrogens with zero attached hydrogens (tertiary/aromatic N) is 1. The van der Waals surface area contributed by atoms with Crippen molar-refractivity contribution < 1.29 is 12.8 Å². The number of hydrogen-bond donors (Lipinski definition) is 1. The molecular weight excluding hydrogens is 255 g/mol. The molecule has 0 bridgehead atoms. The van der Waals surface area contributed by atoms with Crippen LogP contribution < -0.4 is 5.73 Å². The van der Waals surface area contributed by atoms with E-state index in [9.17, 15) is 12.8 Å². The second-order valence-corrected chi connectivity index (χ2v) is 6.04. The molecule has 18 heavy (non-hydrogen) atoms. The molecule has 0 aliphatic rings. The molecule has 0 atom stereocenters. The van der Waals surface area contributed by atoms with Gasteiger partial charge in [0.2, 0.25) is 10.0 Å². The first-order valence-corrected chi connectivity index (χ1v) is 7.34. The minimum absolute atomic E-state index is 0.0803. The van der Waals surface area contributed by atoms with Gasteiger partial charge in [-0.05, 0) is 31.0 Å². The van der Waals surface area contributed by atoms with E-state index >= 15 is 0 Å². The molecule has 0 spiro atoms. The van der Waals surface area contributed by atoms with Crippen LogP contribution in [0.5, 0.6) is 0 Å². The molecule has 1 aromatic rings. The van der Waals surface area contributed by atoms with Gasteiger partial charge in [-0.3, -0.25) is 0 Å². The minimum Gasteiger partial charge on any atom is -0.396 e. The summed E-state index contributed by atoms with van der Waals surface area (Å²) in [5, 5.41) is 0. The molecule has 0 amide bonds. The van der Waals surface area contributed by atoms with E-state index in [1.165, 1.54) is 10.4 Å². The maximum Gasteiger partial charge on any atom is 0.243 e. The van der Waals surface area contributed by atoms with Gasteiger partial charge in [0.1, 0.15) is 5.82 Å². The maximum absolute atomic E-state index is 13.2. The summed E-state index contributed by atoms with van der Waals surface area (Å²) in [7, 11) is -3.60. The van der Waals surface area contributed by atoms with Gasteiger partial charge < -0.3 is 5.73 Å². The van der Waals surface area contributed by atoms with E-state index in [4.69, 9.17) is 5.73 Å². The summed E-state index contributed by atoms with van der Waals surface area (Å²) >= 11 is 0. The molecule has 0 aromatic heterocycles. The lowest BCUT2D eigenvalue weighted by Gasteiger charge is -2.21. The van der Waals surface area contributed by atoms with Gasteiger partial charge in [0, 0.05) is 13.1 Å². The molecule has 0 unspecified atom stereocenters. The van der Waals surface area contributed by atoms with Gasteiger partial charge in [-0.15, -0.1) is 0 Å². The van der Waals surface area contributed by atoms with Crippen LogP contribution in [0.4, 0.5) is 10.1 Å². The molecule has 0 heterocycles. The molecule has 0 saturated carbocycles. The lowest BCUT2D eigenvalue weighted by Crippen LogP contribution is -2.32. The Labute approximate surface area is 108 Å². The van der Waals surface area contributed by atoms with Gasteiger partial charge >= 0.3 is 0 Å². The van der Waals surface area contributed by atoms with Gasteiger partial charge in [-0.1, -0.05) is 13.8 Å². The van der Waals surface area contributed by atoms with Crippen LogP contribution in [0.15, 0.2) is 17.0 Å². The molecular formula is C12H19FN2O2S. The van der Waals surface area contributed by atoms with Crippen molar-refractivity contribution in [2.75, 3.05) is 18.8 Å². The van der Waals surface area contributed by atoms with E-state index in [2.05, 4.69) is 0 Å². The van der Waals surface area contributed by atoms with E-state index < -0.39 is 15.8 Å². The topological polar surface area (TPSA) is 63.4 Å². The molecule has 0 aliphatic heterocycles. The highest BCUT2D eigenvalue weighted by Gasteiger charge is 2.25. The average Bonchev–Trinajstić information content (AvgIpc) is 2.30. The molecule has 0 fully saturated rings. The predicted octanol–water partition coefficient (Wildman–Crippen LogP) is 2.14. The van der Waals surface area contributed by atoms with Crippen molar-refractivity contribution in [3.8, 4) is 0 Å². The third kappa shape index (κ3) is 2.81. The zero-order valence-corrected chi connectivity index (χ0v) is 11.7. The summed E-state index contributed by atoms with van der Waals surface area (Å²) in [6, 6.07) is 2.35. The largest absolute Gasteiger partial charge is 0.396 e. The van der Waals surface area contributed by atoms with Crippen molar-refractivity contribution in [1.82, 2.24) is 4.31 Å². The van der Waals surface area contributed by atoms with Crippen molar-refractivity contribution >= 4 is 15.7 Å². The molecule has 6 heteroatoms. The van der Waals surface area contributed by atoms with Crippen LogP contribution in [0.1, 0.15) is 25.8 Å². The second kappa shape index (κ2) is 5.67. The quantitative estimate of drug-likeness (QED) is 0.837. The number of hydrogen-bond acceptors (Lipinski definition) is 3. The third-order valence-corrected chi connectivity index (χ3v) is 4.85. The zero-order chi connectivity index (χ0) is 13.9. The number of benzene rings is 1. The number of nitrogens with two attached hydrogens (primary N) is 1. The fourth-order valence-corrected chi connectivity index (χ4v) is 3.57. The van der Waals surface area contributed by atoms with Crippen LogP contribution in [-0.2, 0) is 10.0 Å². The average molecular weight is 274 g/mol. The highest BCUT2D eigenvalue weighted by atomic mass is 32.2. The fourth-order valence-electron chi connectivity index (χ4n) is 1.78. The van der Waals surface area contributed by atoms with Crippen molar-refractivity contribution in [1.29, 1.82) is 0 Å².